The third kappa shape index (κ3) is 8.08. The van der Waals surface area contributed by atoms with Gasteiger partial charge in [-0.2, -0.15) is 0 Å². The zero-order chi connectivity index (χ0) is 17.4. The van der Waals surface area contributed by atoms with Crippen molar-refractivity contribution in [2.45, 2.75) is 70.9 Å². The Hall–Kier alpha value is 0.0769. The highest BCUT2D eigenvalue weighted by Gasteiger charge is 2.40. The molecule has 0 rings (SSSR count). The minimum absolute atomic E-state index is 0.0545. The molecule has 0 spiro atoms. The molecule has 0 saturated heterocycles. The van der Waals surface area contributed by atoms with E-state index in [1.807, 2.05) is 17.1 Å². The smallest absolute Gasteiger partial charge is 0.308 e. The van der Waals surface area contributed by atoms with Gasteiger partial charge >= 0.3 is 5.97 Å². The lowest BCUT2D eigenvalue weighted by atomic mass is 10.1. The van der Waals surface area contributed by atoms with Gasteiger partial charge in [0.2, 0.25) is 0 Å². The molecule has 0 radical (unpaired) electrons. The van der Waals surface area contributed by atoms with E-state index >= 15 is 0 Å². The summed E-state index contributed by atoms with van der Waals surface area (Å²) in [5.74, 6) is -0.209. The molecule has 0 amide bonds. The van der Waals surface area contributed by atoms with Crippen molar-refractivity contribution < 1.29 is 18.7 Å². The van der Waals surface area contributed by atoms with Gasteiger partial charge in [-0.05, 0) is 35.2 Å². The number of carbonyl (C=O) groups excluding carboxylic acids is 1. The monoisotopic (exact) mass is 442 g/mol. The summed E-state index contributed by atoms with van der Waals surface area (Å²) in [6.07, 6.45) is 2.67. The summed E-state index contributed by atoms with van der Waals surface area (Å²) in [4.78, 5) is 11.9. The van der Waals surface area contributed by atoms with Crippen LogP contribution in [0.25, 0.3) is 0 Å². The Balaban J connectivity index is 5.04. The Kier molecular flexibility index (Phi) is 10.1. The largest absolute Gasteiger partial charge is 0.466 e. The second-order valence-corrected chi connectivity index (χ2v) is 12.3. The summed E-state index contributed by atoms with van der Waals surface area (Å²) in [7, 11) is -0.274. The Morgan fingerprint density at radius 2 is 1.91 bits per heavy atom. The van der Waals surface area contributed by atoms with E-state index in [-0.39, 0.29) is 29.6 Å². The zero-order valence-corrected chi connectivity index (χ0v) is 18.1. The molecule has 0 aromatic rings. The van der Waals surface area contributed by atoms with Crippen LogP contribution in [0.3, 0.4) is 0 Å². The number of ether oxygens (including phenoxy) is 2. The molecule has 0 N–H and O–H groups in total. The first-order valence-corrected chi connectivity index (χ1v) is 11.9. The van der Waals surface area contributed by atoms with Gasteiger partial charge in [0, 0.05) is 13.5 Å². The number of esters is 1. The number of halogens is 1. The molecule has 0 aliphatic rings. The Labute approximate surface area is 150 Å². The third-order valence-corrected chi connectivity index (χ3v) is 9.00. The zero-order valence-electron chi connectivity index (χ0n) is 14.9. The molecule has 4 nitrogen and oxygen atoms in total. The van der Waals surface area contributed by atoms with E-state index in [0.717, 1.165) is 0 Å². The fourth-order valence-corrected chi connectivity index (χ4v) is 3.60. The SMILES string of the molecule is CCOC(=O)C[C@H](C[C@H](/C=C/I)OC)O[Si](C)(C)C(C)(C)C. The second kappa shape index (κ2) is 10.0. The summed E-state index contributed by atoms with van der Waals surface area (Å²) in [6, 6.07) is 0. The maximum Gasteiger partial charge on any atom is 0.308 e. The van der Waals surface area contributed by atoms with Gasteiger partial charge in [0.05, 0.1) is 25.2 Å². The number of carbonyl (C=O) groups is 1. The van der Waals surface area contributed by atoms with Crippen LogP contribution in [-0.4, -0.2) is 40.2 Å². The van der Waals surface area contributed by atoms with Gasteiger partial charge < -0.3 is 13.9 Å². The molecule has 130 valence electrons. The van der Waals surface area contributed by atoms with E-state index in [1.165, 1.54) is 0 Å². The van der Waals surface area contributed by atoms with E-state index in [2.05, 4.69) is 56.5 Å². The fraction of sp³-hybridized carbons (Fsp3) is 0.812. The first-order chi connectivity index (χ1) is 10.1. The van der Waals surface area contributed by atoms with Crippen molar-refractivity contribution in [2.24, 2.45) is 0 Å². The summed E-state index contributed by atoms with van der Waals surface area (Å²) in [6.45, 7) is 13.2. The molecule has 0 unspecified atom stereocenters. The molecule has 0 aliphatic heterocycles. The minimum Gasteiger partial charge on any atom is -0.466 e. The molecule has 0 bridgehead atoms. The highest BCUT2D eigenvalue weighted by atomic mass is 127. The van der Waals surface area contributed by atoms with Gasteiger partial charge in [-0.15, -0.1) is 0 Å². The summed E-state index contributed by atoms with van der Waals surface area (Å²) >= 11 is 2.17. The van der Waals surface area contributed by atoms with Crippen LogP contribution in [0.5, 0.6) is 0 Å². The lowest BCUT2D eigenvalue weighted by Crippen LogP contribution is -2.45. The summed E-state index contributed by atoms with van der Waals surface area (Å²) < 4.78 is 18.9. The normalized spacial score (nSPS) is 15.8. The number of rotatable bonds is 9. The van der Waals surface area contributed by atoms with E-state index in [4.69, 9.17) is 13.9 Å². The maximum absolute atomic E-state index is 11.9. The van der Waals surface area contributed by atoms with Crippen molar-refractivity contribution in [3.8, 4) is 0 Å². The first-order valence-electron chi connectivity index (χ1n) is 7.70. The van der Waals surface area contributed by atoms with E-state index in [1.54, 1.807) is 7.11 Å². The average molecular weight is 442 g/mol. The average Bonchev–Trinajstić information content (AvgIpc) is 2.36. The Morgan fingerprint density at radius 3 is 2.32 bits per heavy atom. The first kappa shape index (κ1) is 22.1. The van der Waals surface area contributed by atoms with Crippen LogP contribution in [0.15, 0.2) is 10.2 Å². The van der Waals surface area contributed by atoms with Gasteiger partial charge in [0.1, 0.15) is 0 Å². The Morgan fingerprint density at radius 1 is 1.32 bits per heavy atom. The molecule has 0 fully saturated rings. The van der Waals surface area contributed by atoms with Crippen molar-refractivity contribution in [2.75, 3.05) is 13.7 Å². The molecule has 0 aromatic heterocycles. The number of hydrogen-bond donors (Lipinski definition) is 0. The highest BCUT2D eigenvalue weighted by molar-refractivity contribution is 14.1. The standard InChI is InChI=1S/C16H31IO4Si/c1-8-20-15(18)12-14(11-13(19-5)9-10-17)21-22(6,7)16(2,3)4/h9-10,13-14H,8,11-12H2,1-7H3/b10-9+/t13-,14-/m0/s1. The minimum atomic E-state index is -1.95. The second-order valence-electron chi connectivity index (χ2n) is 6.84. The van der Waals surface area contributed by atoms with Crippen LogP contribution >= 0.6 is 22.6 Å². The van der Waals surface area contributed by atoms with Crippen molar-refractivity contribution in [1.82, 2.24) is 0 Å². The molecule has 0 aromatic carbocycles. The quantitative estimate of drug-likeness (QED) is 0.295. The Bertz CT molecular complexity index is 364. The van der Waals surface area contributed by atoms with Gasteiger partial charge in [-0.25, -0.2) is 0 Å². The lowest BCUT2D eigenvalue weighted by molar-refractivity contribution is -0.145. The van der Waals surface area contributed by atoms with Gasteiger partial charge in [-0.1, -0.05) is 43.4 Å². The van der Waals surface area contributed by atoms with Crippen molar-refractivity contribution in [3.05, 3.63) is 10.2 Å². The van der Waals surface area contributed by atoms with E-state index < -0.39 is 8.32 Å². The predicted octanol–water partition coefficient (Wildman–Crippen LogP) is 4.68. The lowest BCUT2D eigenvalue weighted by Gasteiger charge is -2.39. The molecular weight excluding hydrogens is 411 g/mol. The maximum atomic E-state index is 11.9. The molecule has 0 heterocycles. The highest BCUT2D eigenvalue weighted by Crippen LogP contribution is 2.38. The number of hydrogen-bond acceptors (Lipinski definition) is 4. The summed E-state index contributed by atoms with van der Waals surface area (Å²) in [5.41, 5.74) is 0. The molecule has 0 saturated carbocycles. The molecule has 0 aliphatic carbocycles. The molecule has 6 heteroatoms. The topological polar surface area (TPSA) is 44.8 Å². The van der Waals surface area contributed by atoms with Crippen LogP contribution in [-0.2, 0) is 18.7 Å². The molecular formula is C16H31IO4Si. The van der Waals surface area contributed by atoms with Crippen LogP contribution in [0.1, 0.15) is 40.5 Å². The van der Waals surface area contributed by atoms with Gasteiger partial charge in [-0.3, -0.25) is 4.79 Å². The van der Waals surface area contributed by atoms with Crippen LogP contribution in [0, 0.1) is 0 Å². The van der Waals surface area contributed by atoms with Crippen LogP contribution in [0.2, 0.25) is 18.1 Å². The van der Waals surface area contributed by atoms with E-state index in [9.17, 15) is 4.79 Å². The van der Waals surface area contributed by atoms with Crippen LogP contribution < -0.4 is 0 Å². The van der Waals surface area contributed by atoms with Crippen molar-refractivity contribution in [3.63, 3.8) is 0 Å². The third-order valence-electron chi connectivity index (χ3n) is 4.05. The van der Waals surface area contributed by atoms with Gasteiger partial charge in [0.25, 0.3) is 0 Å². The van der Waals surface area contributed by atoms with Crippen LogP contribution in [0.4, 0.5) is 0 Å². The molecule has 2 atom stereocenters. The number of methoxy groups -OCH3 is 1. The van der Waals surface area contributed by atoms with Crippen molar-refractivity contribution in [1.29, 1.82) is 0 Å². The predicted molar refractivity (Wildman–Crippen MR) is 102 cm³/mol. The van der Waals surface area contributed by atoms with Gasteiger partial charge in [0.15, 0.2) is 8.32 Å². The summed E-state index contributed by atoms with van der Waals surface area (Å²) in [5, 5.41) is 0.0988. The fourth-order valence-electron chi connectivity index (χ4n) is 1.77. The van der Waals surface area contributed by atoms with Crippen molar-refractivity contribution >= 4 is 36.9 Å². The van der Waals surface area contributed by atoms with E-state index in [0.29, 0.717) is 13.0 Å². The molecule has 22 heavy (non-hydrogen) atoms.